The minimum atomic E-state index is -3.63. The van der Waals surface area contributed by atoms with Gasteiger partial charge in [0.25, 0.3) is 21.5 Å². The molecule has 3 rings (SSSR count). The largest absolute Gasteiger partial charge is 0.513 e. The number of ether oxygens (including phenoxy) is 8. The van der Waals surface area contributed by atoms with Crippen LogP contribution >= 0.6 is 27.5 Å². The molecule has 0 aliphatic heterocycles. The van der Waals surface area contributed by atoms with E-state index in [1.807, 2.05) is 6.92 Å². The third kappa shape index (κ3) is 38.3. The Labute approximate surface area is 381 Å². The molecule has 0 unspecified atom stereocenters. The van der Waals surface area contributed by atoms with Crippen LogP contribution in [0.4, 0.5) is 21.0 Å². The van der Waals surface area contributed by atoms with Crippen LogP contribution in [0.3, 0.4) is 0 Å². The van der Waals surface area contributed by atoms with E-state index in [0.29, 0.717) is 19.8 Å². The third-order valence-corrected chi connectivity index (χ3v) is 7.79. The Kier molecular flexibility index (Phi) is 39.6. The summed E-state index contributed by atoms with van der Waals surface area (Å²) in [5, 5.41) is 44.3. The van der Waals surface area contributed by atoms with Crippen LogP contribution in [0.5, 0.6) is 11.5 Å². The van der Waals surface area contributed by atoms with Crippen LogP contribution in [0.2, 0.25) is 0 Å². The van der Waals surface area contributed by atoms with Gasteiger partial charge in [-0.1, -0.05) is 33.6 Å². The molecule has 0 heterocycles. The lowest BCUT2D eigenvalue weighted by molar-refractivity contribution is -0.385. The number of aliphatic hydroxyl groups is 1. The molecule has 0 bridgehead atoms. The molecule has 3 aromatic rings. The number of hydrogen-bond acceptors (Lipinski definition) is 20. The van der Waals surface area contributed by atoms with Crippen LogP contribution in [0.15, 0.2) is 77.7 Å². The zero-order valence-electron chi connectivity index (χ0n) is 35.2. The van der Waals surface area contributed by atoms with Crippen LogP contribution < -0.4 is 9.47 Å². The monoisotopic (exact) mass is 1020 g/mol. The van der Waals surface area contributed by atoms with Crippen molar-refractivity contribution in [3.63, 3.8) is 0 Å². The van der Waals surface area contributed by atoms with Gasteiger partial charge in [-0.05, 0) is 43.3 Å². The van der Waals surface area contributed by atoms with Crippen LogP contribution in [-0.2, 0) is 52.3 Å². The van der Waals surface area contributed by atoms with Crippen LogP contribution in [-0.4, -0.2) is 150 Å². The molecule has 0 amide bonds. The van der Waals surface area contributed by atoms with Gasteiger partial charge in [0.05, 0.1) is 61.0 Å². The normalized spacial score (nSPS) is 9.75. The predicted octanol–water partition coefficient (Wildman–Crippen LogP) is 5.26. The zero-order chi connectivity index (χ0) is 49.3. The van der Waals surface area contributed by atoms with Crippen LogP contribution in [0, 0.1) is 27.2 Å². The highest BCUT2D eigenvalue weighted by Gasteiger charge is 2.14. The summed E-state index contributed by atoms with van der Waals surface area (Å²) in [5.74, 6) is -1.43. The Morgan fingerprint density at radius 3 is 1.44 bits per heavy atom. The van der Waals surface area contributed by atoms with Crippen molar-refractivity contribution in [1.82, 2.24) is 0 Å². The summed E-state index contributed by atoms with van der Waals surface area (Å²) in [7, 11) is 2.42. The van der Waals surface area contributed by atoms with E-state index in [1.165, 1.54) is 82.0 Å². The number of carboxylic acids is 2. The Balaban J connectivity index is -0.000000734. The van der Waals surface area contributed by atoms with Crippen molar-refractivity contribution in [2.24, 2.45) is 0 Å². The number of carbonyl (C=O) groups excluding carboxylic acids is 2. The number of nitrogens with zero attached hydrogens (tertiary/aromatic N) is 2. The summed E-state index contributed by atoms with van der Waals surface area (Å²) in [6.07, 6.45) is -0.879. The van der Waals surface area contributed by atoms with Gasteiger partial charge >= 0.3 is 23.5 Å². The second kappa shape index (κ2) is 40.4. The Bertz CT molecular complexity index is 1850. The molecule has 0 aromatic heterocycles. The van der Waals surface area contributed by atoms with Gasteiger partial charge < -0.3 is 53.2 Å². The van der Waals surface area contributed by atoms with Gasteiger partial charge in [0.2, 0.25) is 0 Å². The molecule has 3 aromatic carbocycles. The van der Waals surface area contributed by atoms with E-state index in [2.05, 4.69) is 44.4 Å². The highest BCUT2D eigenvalue weighted by molar-refractivity contribution is 9.09. The van der Waals surface area contributed by atoms with Crippen molar-refractivity contribution >= 4 is 72.5 Å². The van der Waals surface area contributed by atoms with Crippen molar-refractivity contribution in [2.75, 3.05) is 93.2 Å². The molecular formula is C37H50BrClN2O22S. The average molecular weight is 1020 g/mol. The molecule has 360 valence electrons. The minimum Gasteiger partial charge on any atom is -0.481 e. The first-order valence-electron chi connectivity index (χ1n) is 17.6. The number of non-ortho nitro benzene ring substituents is 2. The van der Waals surface area contributed by atoms with E-state index in [-0.39, 0.29) is 72.7 Å². The average Bonchev–Trinajstić information content (AvgIpc) is 3.24. The van der Waals surface area contributed by atoms with Crippen LogP contribution in [0.25, 0.3) is 0 Å². The number of rotatable bonds is 20. The molecule has 0 fully saturated rings. The van der Waals surface area contributed by atoms with Gasteiger partial charge in [0.15, 0.2) is 0 Å². The van der Waals surface area contributed by atoms with Crippen molar-refractivity contribution in [3.8, 4) is 11.5 Å². The molecule has 0 saturated carbocycles. The van der Waals surface area contributed by atoms with Gasteiger partial charge in [0.1, 0.15) is 30.0 Å². The Morgan fingerprint density at radius 1 is 0.656 bits per heavy atom. The first-order chi connectivity index (χ1) is 30.2. The lowest BCUT2D eigenvalue weighted by Gasteiger charge is -2.04. The van der Waals surface area contributed by atoms with Gasteiger partial charge in [-0.2, -0.15) is 8.42 Å². The maximum absolute atomic E-state index is 11.5. The van der Waals surface area contributed by atoms with E-state index in [9.17, 15) is 47.8 Å². The molecule has 0 atom stereocenters. The summed E-state index contributed by atoms with van der Waals surface area (Å²) in [6, 6.07) is 16.6. The molecular weight excluding hydrogens is 972 g/mol. The molecule has 27 heteroatoms. The third-order valence-electron chi connectivity index (χ3n) is 5.90. The fraction of sp³-hybridized carbons (Fsp3) is 0.405. The van der Waals surface area contributed by atoms with Crippen molar-refractivity contribution in [2.45, 2.75) is 11.8 Å². The highest BCUT2D eigenvalue weighted by atomic mass is 79.9. The number of nitro benzene ring substituents is 2. The number of aliphatic carboxylic acids is 2. The minimum absolute atomic E-state index is 0.0344. The van der Waals surface area contributed by atoms with Gasteiger partial charge in [-0.25, -0.2) is 14.4 Å². The Morgan fingerprint density at radius 2 is 1.08 bits per heavy atom. The number of methoxy groups -OCH3 is 4. The first kappa shape index (κ1) is 62.9. The van der Waals surface area contributed by atoms with Crippen molar-refractivity contribution in [1.29, 1.82) is 0 Å². The SMILES string of the molecule is COCCO.COCCOC(=O)Oc1ccc([N+](=O)[O-])cc1.COCCOCC(=O)O.COCCOS(=O)(=O)c1ccc(C)cc1.O=C(Cl)Oc1ccc([N+](=O)[O-])cc1.O=C(O)CBr. The molecule has 0 saturated heterocycles. The number of alkyl halides is 1. The lowest BCUT2D eigenvalue weighted by atomic mass is 10.2. The number of halogens is 2. The zero-order valence-corrected chi connectivity index (χ0v) is 38.3. The molecule has 0 radical (unpaired) electrons. The molecule has 0 aliphatic carbocycles. The fourth-order valence-corrected chi connectivity index (χ4v) is 4.07. The number of carbonyl (C=O) groups is 4. The first-order valence-corrected chi connectivity index (χ1v) is 20.5. The van der Waals surface area contributed by atoms with Crippen molar-refractivity contribution < 1.29 is 94.8 Å². The fourth-order valence-electron chi connectivity index (χ4n) is 3.09. The van der Waals surface area contributed by atoms with Crippen molar-refractivity contribution in [3.05, 3.63) is 98.6 Å². The van der Waals surface area contributed by atoms with Gasteiger partial charge in [-0.3, -0.25) is 29.2 Å². The number of aryl methyl sites for hydroxylation is 1. The molecule has 24 nitrogen and oxygen atoms in total. The number of aliphatic hydroxyl groups excluding tert-OH is 1. The van der Waals surface area contributed by atoms with E-state index < -0.39 is 43.5 Å². The number of benzene rings is 3. The van der Waals surface area contributed by atoms with Gasteiger partial charge in [-0.15, -0.1) is 0 Å². The second-order valence-corrected chi connectivity index (χ2v) is 13.3. The summed E-state index contributed by atoms with van der Waals surface area (Å²) in [5.41, 5.74) is -0.126. The van der Waals surface area contributed by atoms with Crippen LogP contribution in [0.1, 0.15) is 5.56 Å². The number of hydrogen-bond donors (Lipinski definition) is 3. The standard InChI is InChI=1S/C10H11NO6.C10H14O4S.C7H4ClNO4.C5H10O4.C3H8O2.C2H3BrO2/c1-15-6-7-16-10(12)17-9-4-2-8(3-5-9)11(13)14;1-9-3-5-10(6-4-9)15(11,12)14-8-7-13-2;8-7(10)13-6-3-1-5(2-4-6)9(11)12;1-8-2-3-9-4-5(6)7;1-5-3-2-4;3-1-2(4)5/h2-5H,6-7H2,1H3;3-6H,7-8H2,1-2H3;1-4H;2-4H2,1H3,(H,6,7);4H,2-3H2,1H3;1H2,(H,4,5). The molecule has 64 heavy (non-hydrogen) atoms. The number of nitro groups is 2. The van der Waals surface area contributed by atoms with E-state index in [4.69, 9.17) is 40.6 Å². The number of carboxylic acid groups (broad SMARTS) is 2. The summed E-state index contributed by atoms with van der Waals surface area (Å²) in [6.45, 7) is 3.63. The molecule has 0 spiro atoms. The summed E-state index contributed by atoms with van der Waals surface area (Å²) < 4.78 is 64.7. The maximum atomic E-state index is 11.5. The van der Waals surface area contributed by atoms with E-state index in [1.54, 1.807) is 19.2 Å². The predicted molar refractivity (Wildman–Crippen MR) is 229 cm³/mol. The lowest BCUT2D eigenvalue weighted by Crippen LogP contribution is -2.13. The highest BCUT2D eigenvalue weighted by Crippen LogP contribution is 2.19. The van der Waals surface area contributed by atoms with E-state index >= 15 is 0 Å². The quantitative estimate of drug-likeness (QED) is 0.0190. The molecule has 0 aliphatic rings. The second-order valence-electron chi connectivity index (χ2n) is 10.8. The van der Waals surface area contributed by atoms with E-state index in [0.717, 1.165) is 5.56 Å². The van der Waals surface area contributed by atoms with Gasteiger partial charge in [0, 0.05) is 64.3 Å². The summed E-state index contributed by atoms with van der Waals surface area (Å²) >= 11 is 7.63. The smallest absolute Gasteiger partial charge is 0.481 e. The maximum Gasteiger partial charge on any atom is 0.513 e. The Hall–Kier alpha value is -5.42. The summed E-state index contributed by atoms with van der Waals surface area (Å²) in [4.78, 5) is 60.1. The molecule has 3 N–H and O–H groups in total. The topological polar surface area (TPSA) is 332 Å².